The fraction of sp³-hybridized carbons (Fsp3) is 0. The van der Waals surface area contributed by atoms with E-state index in [0.717, 1.165) is 66.3 Å². The van der Waals surface area contributed by atoms with E-state index in [1.54, 1.807) is 0 Å². The predicted octanol–water partition coefficient (Wildman–Crippen LogP) is 12.7. The SMILES string of the molecule is c1ccc(-c2cccc(-c3nc(-c4ccccc4-n4c5ccccc5c5ccc(-c6ccccc6)cc54)nc(-n4c5ccccc5c5ccccc54)n3)c2)cc1. The van der Waals surface area contributed by atoms with E-state index >= 15 is 0 Å². The Labute approximate surface area is 323 Å². The van der Waals surface area contributed by atoms with Crippen molar-refractivity contribution in [1.82, 2.24) is 24.1 Å². The Morgan fingerprint density at radius 2 is 0.768 bits per heavy atom. The molecule has 0 spiro atoms. The van der Waals surface area contributed by atoms with Crippen LogP contribution in [0.4, 0.5) is 0 Å². The van der Waals surface area contributed by atoms with Gasteiger partial charge in [-0.2, -0.15) is 9.97 Å². The predicted molar refractivity (Wildman–Crippen MR) is 230 cm³/mol. The van der Waals surface area contributed by atoms with E-state index in [-0.39, 0.29) is 0 Å². The summed E-state index contributed by atoms with van der Waals surface area (Å²) < 4.78 is 4.54. The van der Waals surface area contributed by atoms with Crippen LogP contribution in [0.15, 0.2) is 200 Å². The minimum absolute atomic E-state index is 0.566. The van der Waals surface area contributed by atoms with Crippen LogP contribution in [0.2, 0.25) is 0 Å². The number of nitrogens with zero attached hydrogens (tertiary/aromatic N) is 5. The largest absolute Gasteiger partial charge is 0.308 e. The Hall–Kier alpha value is -7.63. The van der Waals surface area contributed by atoms with Crippen molar-refractivity contribution in [2.45, 2.75) is 0 Å². The van der Waals surface area contributed by atoms with E-state index in [2.05, 4.69) is 203 Å². The van der Waals surface area contributed by atoms with Crippen LogP contribution in [-0.2, 0) is 0 Å². The monoisotopic (exact) mass is 715 g/mol. The van der Waals surface area contributed by atoms with Gasteiger partial charge in [-0.1, -0.05) is 158 Å². The van der Waals surface area contributed by atoms with Gasteiger partial charge >= 0.3 is 0 Å². The second kappa shape index (κ2) is 13.0. The van der Waals surface area contributed by atoms with Crippen LogP contribution in [0.5, 0.6) is 0 Å². The highest BCUT2D eigenvalue weighted by Gasteiger charge is 2.21. The van der Waals surface area contributed by atoms with E-state index in [1.807, 2.05) is 6.07 Å². The molecule has 0 radical (unpaired) electrons. The summed E-state index contributed by atoms with van der Waals surface area (Å²) in [5.41, 5.74) is 11.7. The number of aromatic nitrogens is 5. The van der Waals surface area contributed by atoms with Crippen LogP contribution in [0, 0.1) is 0 Å². The Morgan fingerprint density at radius 3 is 1.43 bits per heavy atom. The molecule has 0 atom stereocenters. The van der Waals surface area contributed by atoms with Crippen molar-refractivity contribution in [3.63, 3.8) is 0 Å². The molecule has 0 saturated heterocycles. The van der Waals surface area contributed by atoms with Crippen molar-refractivity contribution in [2.24, 2.45) is 0 Å². The smallest absolute Gasteiger partial charge is 0.238 e. The van der Waals surface area contributed by atoms with Gasteiger partial charge in [-0.3, -0.25) is 4.57 Å². The Morgan fingerprint density at radius 1 is 0.286 bits per heavy atom. The molecule has 0 fully saturated rings. The van der Waals surface area contributed by atoms with Crippen molar-refractivity contribution in [2.75, 3.05) is 0 Å². The number of para-hydroxylation sites is 4. The van der Waals surface area contributed by atoms with Crippen molar-refractivity contribution in [3.8, 4) is 56.7 Å². The molecule has 5 heteroatoms. The summed E-state index contributed by atoms with van der Waals surface area (Å²) in [5, 5.41) is 4.68. The molecule has 0 aliphatic heterocycles. The third-order valence-corrected chi connectivity index (χ3v) is 10.8. The lowest BCUT2D eigenvalue weighted by Crippen LogP contribution is -2.07. The zero-order valence-electron chi connectivity index (χ0n) is 30.3. The van der Waals surface area contributed by atoms with E-state index < -0.39 is 0 Å². The van der Waals surface area contributed by atoms with E-state index in [1.165, 1.54) is 16.3 Å². The van der Waals surface area contributed by atoms with Crippen molar-refractivity contribution < 1.29 is 0 Å². The van der Waals surface area contributed by atoms with Crippen molar-refractivity contribution >= 4 is 43.6 Å². The summed E-state index contributed by atoms with van der Waals surface area (Å²) in [7, 11) is 0. The minimum atomic E-state index is 0.566. The maximum Gasteiger partial charge on any atom is 0.238 e. The van der Waals surface area contributed by atoms with Crippen LogP contribution in [0.25, 0.3) is 100 Å². The number of benzene rings is 8. The highest BCUT2D eigenvalue weighted by atomic mass is 15.2. The lowest BCUT2D eigenvalue weighted by molar-refractivity contribution is 0.952. The normalized spacial score (nSPS) is 11.6. The summed E-state index contributed by atoms with van der Waals surface area (Å²) in [6.45, 7) is 0. The zero-order chi connectivity index (χ0) is 37.0. The average Bonchev–Trinajstić information content (AvgIpc) is 3.79. The van der Waals surface area contributed by atoms with E-state index in [4.69, 9.17) is 15.0 Å². The van der Waals surface area contributed by atoms with Crippen molar-refractivity contribution in [1.29, 1.82) is 0 Å². The summed E-state index contributed by atoms with van der Waals surface area (Å²) in [5.74, 6) is 1.77. The first-order chi connectivity index (χ1) is 27.8. The van der Waals surface area contributed by atoms with Gasteiger partial charge in [0.2, 0.25) is 5.95 Å². The molecule has 0 N–H and O–H groups in total. The van der Waals surface area contributed by atoms with E-state index in [9.17, 15) is 0 Å². The van der Waals surface area contributed by atoms with E-state index in [0.29, 0.717) is 17.6 Å². The molecule has 5 nitrogen and oxygen atoms in total. The second-order valence-corrected chi connectivity index (χ2v) is 14.1. The zero-order valence-corrected chi connectivity index (χ0v) is 30.3. The topological polar surface area (TPSA) is 48.5 Å². The van der Waals surface area contributed by atoms with Crippen molar-refractivity contribution in [3.05, 3.63) is 200 Å². The maximum atomic E-state index is 5.38. The summed E-state index contributed by atoms with van der Waals surface area (Å²) in [4.78, 5) is 16.0. The molecule has 0 amide bonds. The Kier molecular flexibility index (Phi) is 7.42. The van der Waals surface area contributed by atoms with Gasteiger partial charge in [0.05, 0.1) is 27.8 Å². The molecule has 0 saturated carbocycles. The van der Waals surface area contributed by atoms with Crippen LogP contribution < -0.4 is 0 Å². The molecule has 262 valence electrons. The van der Waals surface area contributed by atoms with Gasteiger partial charge in [0.15, 0.2) is 11.6 Å². The molecule has 0 aliphatic carbocycles. The number of hydrogen-bond acceptors (Lipinski definition) is 3. The molecule has 0 bridgehead atoms. The van der Waals surface area contributed by atoms with Crippen LogP contribution >= 0.6 is 0 Å². The minimum Gasteiger partial charge on any atom is -0.308 e. The third kappa shape index (κ3) is 5.21. The highest BCUT2D eigenvalue weighted by Crippen LogP contribution is 2.39. The van der Waals surface area contributed by atoms with Gasteiger partial charge in [-0.05, 0) is 64.7 Å². The molecule has 0 unspecified atom stereocenters. The third-order valence-electron chi connectivity index (χ3n) is 10.8. The maximum absolute atomic E-state index is 5.38. The molecule has 8 aromatic carbocycles. The number of fused-ring (bicyclic) bond motifs is 6. The van der Waals surface area contributed by atoms with Gasteiger partial charge in [0.1, 0.15) is 0 Å². The quantitative estimate of drug-likeness (QED) is 0.172. The molecule has 0 aliphatic rings. The van der Waals surface area contributed by atoms with Gasteiger partial charge < -0.3 is 4.57 Å². The van der Waals surface area contributed by atoms with Gasteiger partial charge in [0, 0.05) is 32.7 Å². The summed E-state index contributed by atoms with van der Waals surface area (Å²) in [6, 6.07) is 70.3. The summed E-state index contributed by atoms with van der Waals surface area (Å²) in [6.07, 6.45) is 0. The lowest BCUT2D eigenvalue weighted by Gasteiger charge is -2.15. The molecular formula is C51H33N5. The Bertz CT molecular complexity index is 3200. The lowest BCUT2D eigenvalue weighted by atomic mass is 10.0. The summed E-state index contributed by atoms with van der Waals surface area (Å²) >= 11 is 0. The molecule has 3 aromatic heterocycles. The number of hydrogen-bond donors (Lipinski definition) is 0. The van der Waals surface area contributed by atoms with Crippen LogP contribution in [-0.4, -0.2) is 24.1 Å². The van der Waals surface area contributed by atoms with Crippen LogP contribution in [0.1, 0.15) is 0 Å². The molecule has 3 heterocycles. The van der Waals surface area contributed by atoms with Crippen LogP contribution in [0.3, 0.4) is 0 Å². The standard InChI is InChI=1S/C51H33N5/c1-3-16-34(17-4-1)36-20-15-21-38(32-36)49-52-50(54-51(53-49)56-45-27-12-8-22-39(45)40-23-9-13-28-46(40)56)43-25-10-14-29-47(43)55-44-26-11-7-24-41(44)42-31-30-37(33-48(42)55)35-18-5-2-6-19-35/h1-33H. The Balaban J connectivity index is 1.19. The molecule has 11 rings (SSSR count). The molecule has 56 heavy (non-hydrogen) atoms. The first kappa shape index (κ1) is 31.9. The molecule has 11 aromatic rings. The second-order valence-electron chi connectivity index (χ2n) is 14.1. The van der Waals surface area contributed by atoms with Gasteiger partial charge in [-0.15, -0.1) is 0 Å². The fourth-order valence-corrected chi connectivity index (χ4v) is 8.22. The first-order valence-electron chi connectivity index (χ1n) is 18.9. The number of rotatable bonds is 6. The van der Waals surface area contributed by atoms with Gasteiger partial charge in [0.25, 0.3) is 0 Å². The fourth-order valence-electron chi connectivity index (χ4n) is 8.22. The molecular weight excluding hydrogens is 683 g/mol. The highest BCUT2D eigenvalue weighted by molar-refractivity contribution is 6.11. The average molecular weight is 716 g/mol. The first-order valence-corrected chi connectivity index (χ1v) is 18.9. The van der Waals surface area contributed by atoms with Gasteiger partial charge in [-0.25, -0.2) is 4.98 Å².